The second-order valence-electron chi connectivity index (χ2n) is 3.88. The van der Waals surface area contributed by atoms with Gasteiger partial charge in [-0.3, -0.25) is 0 Å². The SMILES string of the molecule is O=C(Nc1cccc(Cl)c1)NS(=O)(=O)c1ccccc1. The third-order valence-corrected chi connectivity index (χ3v) is 3.95. The maximum Gasteiger partial charge on any atom is 0.333 e. The first kappa shape index (κ1) is 14.4. The fourth-order valence-corrected chi connectivity index (χ4v) is 2.62. The highest BCUT2D eigenvalue weighted by Gasteiger charge is 2.16. The van der Waals surface area contributed by atoms with Crippen LogP contribution in [0.3, 0.4) is 0 Å². The van der Waals surface area contributed by atoms with Gasteiger partial charge in [0.25, 0.3) is 10.0 Å². The first-order chi connectivity index (χ1) is 9.47. The van der Waals surface area contributed by atoms with Crippen molar-refractivity contribution in [2.24, 2.45) is 0 Å². The van der Waals surface area contributed by atoms with Crippen LogP contribution in [-0.2, 0) is 10.0 Å². The standard InChI is InChI=1S/C13H11ClN2O3S/c14-10-5-4-6-11(9-10)15-13(17)16-20(18,19)12-7-2-1-3-8-12/h1-9H,(H2,15,16,17). The van der Waals surface area contributed by atoms with E-state index in [9.17, 15) is 13.2 Å². The molecule has 0 radical (unpaired) electrons. The maximum absolute atomic E-state index is 11.9. The van der Waals surface area contributed by atoms with Crippen LogP contribution < -0.4 is 10.0 Å². The van der Waals surface area contributed by atoms with E-state index in [0.29, 0.717) is 10.7 Å². The Morgan fingerprint density at radius 2 is 1.70 bits per heavy atom. The number of nitrogens with one attached hydrogen (secondary N) is 2. The second-order valence-corrected chi connectivity index (χ2v) is 6.00. The smallest absolute Gasteiger partial charge is 0.307 e. The van der Waals surface area contributed by atoms with E-state index in [1.54, 1.807) is 36.4 Å². The molecule has 7 heteroatoms. The van der Waals surface area contributed by atoms with Crippen molar-refractivity contribution in [3.05, 3.63) is 59.6 Å². The van der Waals surface area contributed by atoms with Gasteiger partial charge in [-0.25, -0.2) is 17.9 Å². The summed E-state index contributed by atoms with van der Waals surface area (Å²) in [6.45, 7) is 0. The van der Waals surface area contributed by atoms with Crippen LogP contribution in [0.4, 0.5) is 10.5 Å². The fourth-order valence-electron chi connectivity index (χ4n) is 1.50. The van der Waals surface area contributed by atoms with Gasteiger partial charge in [-0.05, 0) is 30.3 Å². The predicted octanol–water partition coefficient (Wildman–Crippen LogP) is 2.85. The number of urea groups is 1. The molecule has 2 rings (SSSR count). The molecule has 104 valence electrons. The van der Waals surface area contributed by atoms with Crippen molar-refractivity contribution in [2.45, 2.75) is 4.90 Å². The lowest BCUT2D eigenvalue weighted by Gasteiger charge is -2.08. The lowest BCUT2D eigenvalue weighted by atomic mass is 10.3. The van der Waals surface area contributed by atoms with Crippen molar-refractivity contribution in [1.29, 1.82) is 0 Å². The largest absolute Gasteiger partial charge is 0.333 e. The van der Waals surface area contributed by atoms with Gasteiger partial charge in [0.2, 0.25) is 0 Å². The number of sulfonamides is 1. The van der Waals surface area contributed by atoms with Crippen LogP contribution >= 0.6 is 11.6 Å². The minimum absolute atomic E-state index is 0.0150. The van der Waals surface area contributed by atoms with Gasteiger partial charge in [-0.2, -0.15) is 0 Å². The topological polar surface area (TPSA) is 75.3 Å². The fraction of sp³-hybridized carbons (Fsp3) is 0. The molecule has 0 bridgehead atoms. The number of rotatable bonds is 3. The molecule has 0 unspecified atom stereocenters. The molecule has 2 aromatic carbocycles. The summed E-state index contributed by atoms with van der Waals surface area (Å²) >= 11 is 5.77. The van der Waals surface area contributed by atoms with Crippen molar-refractivity contribution >= 4 is 33.3 Å². The minimum Gasteiger partial charge on any atom is -0.307 e. The van der Waals surface area contributed by atoms with Gasteiger partial charge in [0.05, 0.1) is 4.90 Å². The Morgan fingerprint density at radius 1 is 1.00 bits per heavy atom. The van der Waals surface area contributed by atoms with Crippen molar-refractivity contribution in [1.82, 2.24) is 4.72 Å². The molecule has 2 amide bonds. The molecule has 0 spiro atoms. The van der Waals surface area contributed by atoms with Crippen LogP contribution in [-0.4, -0.2) is 14.4 Å². The summed E-state index contributed by atoms with van der Waals surface area (Å²) in [7, 11) is -3.88. The lowest BCUT2D eigenvalue weighted by molar-refractivity contribution is 0.256. The average Bonchev–Trinajstić information content (AvgIpc) is 2.39. The van der Waals surface area contributed by atoms with E-state index in [1.165, 1.54) is 18.2 Å². The highest BCUT2D eigenvalue weighted by Crippen LogP contribution is 2.15. The predicted molar refractivity (Wildman–Crippen MR) is 77.2 cm³/mol. The highest BCUT2D eigenvalue weighted by molar-refractivity contribution is 7.90. The van der Waals surface area contributed by atoms with Gasteiger partial charge >= 0.3 is 6.03 Å². The molecule has 0 saturated carbocycles. The zero-order valence-corrected chi connectivity index (χ0v) is 11.8. The molecule has 0 heterocycles. The molecule has 0 fully saturated rings. The Kier molecular flexibility index (Phi) is 4.26. The quantitative estimate of drug-likeness (QED) is 0.915. The molecular weight excluding hydrogens is 300 g/mol. The van der Waals surface area contributed by atoms with Crippen LogP contribution in [0.25, 0.3) is 0 Å². The molecule has 0 aromatic heterocycles. The summed E-state index contributed by atoms with van der Waals surface area (Å²) in [4.78, 5) is 11.7. The van der Waals surface area contributed by atoms with E-state index >= 15 is 0 Å². The molecular formula is C13H11ClN2O3S. The Balaban J connectivity index is 2.09. The van der Waals surface area contributed by atoms with Crippen molar-refractivity contribution in [2.75, 3.05) is 5.32 Å². The van der Waals surface area contributed by atoms with Gasteiger partial charge in [-0.15, -0.1) is 0 Å². The molecule has 5 nitrogen and oxygen atoms in total. The van der Waals surface area contributed by atoms with Crippen molar-refractivity contribution in [3.63, 3.8) is 0 Å². The zero-order chi connectivity index (χ0) is 14.6. The van der Waals surface area contributed by atoms with Crippen LogP contribution in [0.1, 0.15) is 0 Å². The number of benzene rings is 2. The summed E-state index contributed by atoms with van der Waals surface area (Å²) in [5, 5.41) is 2.83. The van der Waals surface area contributed by atoms with Crippen LogP contribution in [0, 0.1) is 0 Å². The number of hydrogen-bond donors (Lipinski definition) is 2. The maximum atomic E-state index is 11.9. The average molecular weight is 311 g/mol. The van der Waals surface area contributed by atoms with Crippen molar-refractivity contribution in [3.8, 4) is 0 Å². The summed E-state index contributed by atoms with van der Waals surface area (Å²) in [6, 6.07) is 13.2. The van der Waals surface area contributed by atoms with E-state index < -0.39 is 16.1 Å². The number of halogens is 1. The summed E-state index contributed by atoms with van der Waals surface area (Å²) in [5.41, 5.74) is 0.401. The van der Waals surface area contributed by atoms with E-state index in [4.69, 9.17) is 11.6 Å². The van der Waals surface area contributed by atoms with E-state index in [2.05, 4.69) is 5.32 Å². The van der Waals surface area contributed by atoms with Gasteiger partial charge in [0.15, 0.2) is 0 Å². The van der Waals surface area contributed by atoms with Gasteiger partial charge in [0.1, 0.15) is 0 Å². The normalized spacial score (nSPS) is 10.8. The Hall–Kier alpha value is -2.05. The lowest BCUT2D eigenvalue weighted by Crippen LogP contribution is -2.34. The Labute approximate surface area is 121 Å². The Bertz CT molecular complexity index is 717. The van der Waals surface area contributed by atoms with Gasteiger partial charge < -0.3 is 5.32 Å². The number of amides is 2. The highest BCUT2D eigenvalue weighted by atomic mass is 35.5. The summed E-state index contributed by atoms with van der Waals surface area (Å²) < 4.78 is 25.7. The van der Waals surface area contributed by atoms with E-state index in [-0.39, 0.29) is 4.90 Å². The van der Waals surface area contributed by atoms with Gasteiger partial charge in [-0.1, -0.05) is 35.9 Å². The van der Waals surface area contributed by atoms with Crippen LogP contribution in [0.2, 0.25) is 5.02 Å². The monoisotopic (exact) mass is 310 g/mol. The van der Waals surface area contributed by atoms with Crippen molar-refractivity contribution < 1.29 is 13.2 Å². The molecule has 20 heavy (non-hydrogen) atoms. The number of anilines is 1. The molecule has 0 atom stereocenters. The molecule has 2 aromatic rings. The number of carbonyl (C=O) groups is 1. The third-order valence-electron chi connectivity index (χ3n) is 2.36. The summed E-state index contributed by atoms with van der Waals surface area (Å²) in [5.74, 6) is 0. The molecule has 0 saturated heterocycles. The second kappa shape index (κ2) is 5.94. The molecule has 0 aliphatic carbocycles. The number of carbonyl (C=O) groups excluding carboxylic acids is 1. The van der Waals surface area contributed by atoms with Gasteiger partial charge in [0, 0.05) is 10.7 Å². The van der Waals surface area contributed by atoms with Crippen LogP contribution in [0.5, 0.6) is 0 Å². The molecule has 0 aliphatic heterocycles. The third kappa shape index (κ3) is 3.72. The molecule has 0 aliphatic rings. The summed E-state index contributed by atoms with van der Waals surface area (Å²) in [6.07, 6.45) is 0. The first-order valence-corrected chi connectivity index (χ1v) is 7.48. The van der Waals surface area contributed by atoms with E-state index in [0.717, 1.165) is 0 Å². The van der Waals surface area contributed by atoms with E-state index in [1.807, 2.05) is 4.72 Å². The number of hydrogen-bond acceptors (Lipinski definition) is 3. The minimum atomic E-state index is -3.88. The molecule has 2 N–H and O–H groups in total. The van der Waals surface area contributed by atoms with Crippen LogP contribution in [0.15, 0.2) is 59.5 Å². The first-order valence-electron chi connectivity index (χ1n) is 5.62. The zero-order valence-electron chi connectivity index (χ0n) is 10.2. The Morgan fingerprint density at radius 3 is 2.35 bits per heavy atom.